The molecule has 2 spiro atoms. The van der Waals surface area contributed by atoms with E-state index in [9.17, 15) is 10.0 Å². The standard InChI is InChI=1S/C52H33N3.C27H18BrN3.C25H17BO2/c1-2-13-34(14-3-1)35-15-10-17-38(29-35)49-32-50(55-51(54-49)40-19-12-28-53-33-40)39-18-11-16-36(30-39)37-26-27-44-43-22-6-9-25-47(43)52(48(44)31-37)45-23-7-4-20-41(45)42-21-5-8-24-46(42)52;28-24-13-5-11-22(16-24)26-17-25(30-27(31-26)23-12-6-14-29-18-23)21-10-4-9-20(15-21)19-7-2-1-3-8-19;27-26(28)16-13-14-20-19-9-3-6-12-23(19)25(24(20)15-16)21-10-4-1-7-17(21)18-8-2-5-11-22(18)25/h1-33H;1-18H;1-15,27-28H. The second kappa shape index (κ2) is 29.0. The Morgan fingerprint density at radius 3 is 0.868 bits per heavy atom. The van der Waals surface area contributed by atoms with Crippen LogP contribution in [0.1, 0.15) is 44.5 Å². The zero-order chi connectivity index (χ0) is 76.3. The van der Waals surface area contributed by atoms with Gasteiger partial charge in [-0.3, -0.25) is 9.97 Å². The highest BCUT2D eigenvalue weighted by Crippen LogP contribution is 2.65. The maximum atomic E-state index is 9.85. The van der Waals surface area contributed by atoms with Gasteiger partial charge in [-0.05, 0) is 201 Å². The van der Waals surface area contributed by atoms with Crippen LogP contribution in [0.2, 0.25) is 0 Å². The molecule has 0 atom stereocenters. The molecule has 0 bridgehead atoms. The quantitative estimate of drug-likeness (QED) is 0.130. The van der Waals surface area contributed by atoms with Crippen LogP contribution in [0.5, 0.6) is 0 Å². The van der Waals surface area contributed by atoms with Gasteiger partial charge in [-0.1, -0.05) is 319 Å². The SMILES string of the molecule is Brc1cccc(-c2cc(-c3cccc(-c4ccccc4)c3)nc(-c3cccnc3)n2)c1.OB(O)c1ccc2c(c1)C1(c3ccccc3-c3ccccc31)c1ccccc1-2.c1ccc(-c2cccc(-c3cc(-c4cccc(-c5ccc6c(c5)C5(c7ccccc7-c7ccccc75)c5ccccc5-6)c4)nc(-c4cccnc4)n3)c2)cc1. The highest BCUT2D eigenvalue weighted by molar-refractivity contribution is 9.10. The third kappa shape index (κ3) is 11.9. The number of benzene rings is 14. The van der Waals surface area contributed by atoms with E-state index in [4.69, 9.17) is 19.9 Å². The maximum Gasteiger partial charge on any atom is 0.488 e. The molecular formula is C104H68BBrN6O2. The van der Waals surface area contributed by atoms with Crippen molar-refractivity contribution in [2.75, 3.05) is 0 Å². The lowest BCUT2D eigenvalue weighted by Crippen LogP contribution is -2.32. The minimum atomic E-state index is -1.49. The van der Waals surface area contributed by atoms with Crippen molar-refractivity contribution in [2.24, 2.45) is 0 Å². The van der Waals surface area contributed by atoms with Crippen LogP contribution in [0.4, 0.5) is 0 Å². The van der Waals surface area contributed by atoms with Crippen LogP contribution < -0.4 is 5.46 Å². The van der Waals surface area contributed by atoms with Gasteiger partial charge in [0.1, 0.15) is 0 Å². The number of halogens is 1. The molecule has 536 valence electrons. The van der Waals surface area contributed by atoms with Gasteiger partial charge in [0.2, 0.25) is 0 Å². The summed E-state index contributed by atoms with van der Waals surface area (Å²) in [7, 11) is -1.49. The van der Waals surface area contributed by atoms with Crippen LogP contribution in [0, 0.1) is 0 Å². The molecule has 10 heteroatoms. The molecule has 14 aromatic carbocycles. The van der Waals surface area contributed by atoms with Gasteiger partial charge in [-0.2, -0.15) is 0 Å². The molecule has 2 N–H and O–H groups in total. The minimum absolute atomic E-state index is 0.388. The zero-order valence-corrected chi connectivity index (χ0v) is 63.2. The Labute approximate surface area is 670 Å². The van der Waals surface area contributed by atoms with E-state index in [1.807, 2.05) is 79.0 Å². The fourth-order valence-corrected chi connectivity index (χ4v) is 18.2. The van der Waals surface area contributed by atoms with E-state index in [-0.39, 0.29) is 5.41 Å². The maximum absolute atomic E-state index is 9.85. The van der Waals surface area contributed by atoms with Crippen LogP contribution in [0.25, 0.3) is 146 Å². The predicted octanol–water partition coefficient (Wildman–Crippen LogP) is 23.6. The molecule has 0 saturated heterocycles. The molecule has 4 aliphatic rings. The van der Waals surface area contributed by atoms with Crippen molar-refractivity contribution in [1.29, 1.82) is 0 Å². The number of hydrogen-bond donors (Lipinski definition) is 2. The van der Waals surface area contributed by atoms with Crippen molar-refractivity contribution in [2.45, 2.75) is 10.8 Å². The third-order valence-electron chi connectivity index (χ3n) is 22.8. The van der Waals surface area contributed by atoms with E-state index < -0.39 is 12.5 Å². The lowest BCUT2D eigenvalue weighted by molar-refractivity contribution is 0.425. The van der Waals surface area contributed by atoms with Gasteiger partial charge < -0.3 is 10.0 Å². The van der Waals surface area contributed by atoms with Gasteiger partial charge in [0.05, 0.1) is 33.6 Å². The second-order valence-corrected chi connectivity index (χ2v) is 30.0. The number of rotatable bonds is 10. The number of hydrogen-bond acceptors (Lipinski definition) is 8. The van der Waals surface area contributed by atoms with Crippen molar-refractivity contribution in [3.8, 4) is 146 Å². The smallest absolute Gasteiger partial charge is 0.423 e. The van der Waals surface area contributed by atoms with Crippen molar-refractivity contribution in [3.05, 3.63) is 450 Å². The normalized spacial score (nSPS) is 12.7. The average Bonchev–Trinajstić information content (AvgIpc) is 1.52. The molecule has 18 aromatic rings. The molecule has 4 aliphatic carbocycles. The second-order valence-electron chi connectivity index (χ2n) is 29.1. The van der Waals surface area contributed by atoms with Crippen LogP contribution in [0.15, 0.2) is 405 Å². The van der Waals surface area contributed by atoms with E-state index in [1.165, 1.54) is 94.6 Å². The Balaban J connectivity index is 0.000000121. The molecule has 0 fully saturated rings. The Morgan fingerprint density at radius 1 is 0.219 bits per heavy atom. The molecule has 0 saturated carbocycles. The minimum Gasteiger partial charge on any atom is -0.423 e. The molecule has 114 heavy (non-hydrogen) atoms. The number of nitrogens with zero attached hydrogens (tertiary/aromatic N) is 6. The molecule has 22 rings (SSSR count). The number of fused-ring (bicyclic) bond motifs is 20. The summed E-state index contributed by atoms with van der Waals surface area (Å²) in [5, 5.41) is 19.7. The highest BCUT2D eigenvalue weighted by Gasteiger charge is 2.53. The first-order chi connectivity index (χ1) is 56.2. The van der Waals surface area contributed by atoms with Crippen LogP contribution in [-0.2, 0) is 10.8 Å². The van der Waals surface area contributed by atoms with Gasteiger partial charge in [0.15, 0.2) is 11.6 Å². The van der Waals surface area contributed by atoms with Gasteiger partial charge in [0, 0.05) is 62.6 Å². The first kappa shape index (κ1) is 69.2. The first-order valence-electron chi connectivity index (χ1n) is 38.3. The Hall–Kier alpha value is -14.0. The van der Waals surface area contributed by atoms with Crippen LogP contribution in [-0.4, -0.2) is 47.1 Å². The van der Waals surface area contributed by atoms with E-state index >= 15 is 0 Å². The highest BCUT2D eigenvalue weighted by atomic mass is 79.9. The summed E-state index contributed by atoms with van der Waals surface area (Å²) >= 11 is 3.57. The van der Waals surface area contributed by atoms with Crippen molar-refractivity contribution >= 4 is 28.5 Å². The van der Waals surface area contributed by atoms with E-state index in [2.05, 4.69) is 329 Å². The molecule has 0 amide bonds. The number of pyridine rings is 2. The Morgan fingerprint density at radius 2 is 0.509 bits per heavy atom. The van der Waals surface area contributed by atoms with Gasteiger partial charge in [-0.15, -0.1) is 0 Å². The summed E-state index contributed by atoms with van der Waals surface area (Å²) in [6.45, 7) is 0. The largest absolute Gasteiger partial charge is 0.488 e. The molecule has 0 aliphatic heterocycles. The molecule has 4 aromatic heterocycles. The first-order valence-corrected chi connectivity index (χ1v) is 39.0. The van der Waals surface area contributed by atoms with E-state index in [1.54, 1.807) is 18.6 Å². The van der Waals surface area contributed by atoms with Crippen LogP contribution in [0.3, 0.4) is 0 Å². The molecule has 4 heterocycles. The van der Waals surface area contributed by atoms with Gasteiger partial charge in [-0.25, -0.2) is 19.9 Å². The van der Waals surface area contributed by atoms with Gasteiger partial charge in [0.25, 0.3) is 0 Å². The zero-order valence-electron chi connectivity index (χ0n) is 61.6. The monoisotopic (exact) mass is 1520 g/mol. The molecule has 0 radical (unpaired) electrons. The predicted molar refractivity (Wildman–Crippen MR) is 465 cm³/mol. The molecule has 0 unspecified atom stereocenters. The van der Waals surface area contributed by atoms with E-state index in [0.29, 0.717) is 17.1 Å². The number of aromatic nitrogens is 6. The summed E-state index contributed by atoms with van der Waals surface area (Å²) in [5.41, 5.74) is 36.4. The Bertz CT molecular complexity index is 6630. The lowest BCUT2D eigenvalue weighted by atomic mass is 9.68. The molecule has 8 nitrogen and oxygen atoms in total. The fraction of sp³-hybridized carbons (Fsp3) is 0.0192. The fourth-order valence-electron chi connectivity index (χ4n) is 17.8. The van der Waals surface area contributed by atoms with Crippen molar-refractivity contribution < 1.29 is 10.0 Å². The average molecular weight is 1520 g/mol. The summed E-state index contributed by atoms with van der Waals surface area (Å²) in [5.74, 6) is 1.30. The molecular weight excluding hydrogens is 1460 g/mol. The summed E-state index contributed by atoms with van der Waals surface area (Å²) < 4.78 is 1.01. The van der Waals surface area contributed by atoms with Crippen molar-refractivity contribution in [1.82, 2.24) is 29.9 Å². The lowest BCUT2D eigenvalue weighted by Gasteiger charge is -2.30. The third-order valence-corrected chi connectivity index (χ3v) is 23.2. The topological polar surface area (TPSA) is 118 Å². The summed E-state index contributed by atoms with van der Waals surface area (Å²) in [6, 6.07) is 132. The van der Waals surface area contributed by atoms with E-state index in [0.717, 1.165) is 88.4 Å². The van der Waals surface area contributed by atoms with Gasteiger partial charge >= 0.3 is 7.12 Å². The van der Waals surface area contributed by atoms with Crippen molar-refractivity contribution in [3.63, 3.8) is 0 Å². The Kier molecular flexibility index (Phi) is 17.6. The summed E-state index contributed by atoms with van der Waals surface area (Å²) in [6.07, 6.45) is 7.16. The van der Waals surface area contributed by atoms with Crippen LogP contribution >= 0.6 is 15.9 Å². The summed E-state index contributed by atoms with van der Waals surface area (Å²) in [4.78, 5) is 28.6.